The van der Waals surface area contributed by atoms with Gasteiger partial charge in [-0.3, -0.25) is 19.4 Å². The quantitative estimate of drug-likeness (QED) is 0.669. The van der Waals surface area contributed by atoms with Crippen LogP contribution in [-0.2, 0) is 20.7 Å². The third kappa shape index (κ3) is 3.47. The van der Waals surface area contributed by atoms with Gasteiger partial charge in [-0.25, -0.2) is 0 Å². The van der Waals surface area contributed by atoms with Crippen molar-refractivity contribution in [2.75, 3.05) is 50.8 Å². The molecule has 4 heterocycles. The van der Waals surface area contributed by atoms with Crippen LogP contribution in [0.2, 0.25) is 0 Å². The number of amides is 2. The number of ether oxygens (including phenoxy) is 1. The van der Waals surface area contributed by atoms with Crippen LogP contribution >= 0.6 is 11.3 Å². The lowest BCUT2D eigenvalue weighted by Crippen LogP contribution is -2.40. The van der Waals surface area contributed by atoms with Crippen LogP contribution in [0.3, 0.4) is 0 Å². The maximum atomic E-state index is 13.5. The lowest BCUT2D eigenvalue weighted by Gasteiger charge is -2.27. The van der Waals surface area contributed by atoms with Gasteiger partial charge < -0.3 is 9.64 Å². The Balaban J connectivity index is 1.40. The highest BCUT2D eigenvalue weighted by Crippen LogP contribution is 2.39. The van der Waals surface area contributed by atoms with Crippen molar-refractivity contribution >= 4 is 34.4 Å². The molecule has 156 valence electrons. The molecule has 7 heteroatoms. The monoisotopic (exact) mass is 423 g/mol. The molecule has 6 nitrogen and oxygen atoms in total. The number of carbonyl (C=O) groups is 2. The first-order valence-electron chi connectivity index (χ1n) is 10.5. The number of fused-ring (bicyclic) bond motifs is 1. The number of imide groups is 1. The molecular formula is C23H25N3O3S. The fourth-order valence-corrected chi connectivity index (χ4v) is 5.27. The van der Waals surface area contributed by atoms with Crippen molar-refractivity contribution < 1.29 is 14.3 Å². The number of thiophene rings is 1. The van der Waals surface area contributed by atoms with Gasteiger partial charge in [0, 0.05) is 43.3 Å². The highest BCUT2D eigenvalue weighted by Gasteiger charge is 2.43. The maximum absolute atomic E-state index is 13.5. The predicted octanol–water partition coefficient (Wildman–Crippen LogP) is 2.61. The smallest absolute Gasteiger partial charge is 0.278 e. The standard InChI is InChI=1S/C23H25N3O3S/c27-22-20(19-7-3-16-30-19)21(25-11-8-17-5-1-2-6-18(17)25)23(28)26(22)10-4-9-24-12-14-29-15-13-24/h1-3,5-7,16H,4,8-15H2. The lowest BCUT2D eigenvalue weighted by molar-refractivity contribution is -0.137. The molecule has 1 saturated heterocycles. The van der Waals surface area contributed by atoms with E-state index in [1.54, 1.807) is 0 Å². The molecule has 0 atom stereocenters. The van der Waals surface area contributed by atoms with Gasteiger partial charge in [0.15, 0.2) is 0 Å². The molecule has 0 unspecified atom stereocenters. The minimum atomic E-state index is -0.165. The second-order valence-electron chi connectivity index (χ2n) is 7.80. The van der Waals surface area contributed by atoms with Gasteiger partial charge in [-0.05, 0) is 35.9 Å². The molecular weight excluding hydrogens is 398 g/mol. The van der Waals surface area contributed by atoms with E-state index in [1.165, 1.54) is 21.8 Å². The summed E-state index contributed by atoms with van der Waals surface area (Å²) in [6, 6.07) is 12.0. The second kappa shape index (κ2) is 8.34. The number of rotatable bonds is 6. The summed E-state index contributed by atoms with van der Waals surface area (Å²) < 4.78 is 5.40. The van der Waals surface area contributed by atoms with Crippen molar-refractivity contribution in [3.05, 3.63) is 57.9 Å². The van der Waals surface area contributed by atoms with E-state index in [-0.39, 0.29) is 11.8 Å². The van der Waals surface area contributed by atoms with Crippen LogP contribution in [0.1, 0.15) is 16.9 Å². The Morgan fingerprint density at radius 2 is 1.77 bits per heavy atom. The maximum Gasteiger partial charge on any atom is 0.278 e. The Morgan fingerprint density at radius 3 is 2.57 bits per heavy atom. The van der Waals surface area contributed by atoms with Crippen LogP contribution in [0.25, 0.3) is 5.57 Å². The van der Waals surface area contributed by atoms with Crippen LogP contribution in [0.15, 0.2) is 47.5 Å². The largest absolute Gasteiger partial charge is 0.379 e. The van der Waals surface area contributed by atoms with Gasteiger partial charge in [0.05, 0.1) is 18.8 Å². The Labute approximate surface area is 180 Å². The van der Waals surface area contributed by atoms with Crippen molar-refractivity contribution in [3.8, 4) is 0 Å². The number of para-hydroxylation sites is 1. The number of hydrogen-bond acceptors (Lipinski definition) is 6. The lowest BCUT2D eigenvalue weighted by atomic mass is 10.1. The molecule has 0 saturated carbocycles. The van der Waals surface area contributed by atoms with Crippen molar-refractivity contribution in [2.45, 2.75) is 12.8 Å². The molecule has 3 aliphatic heterocycles. The minimum absolute atomic E-state index is 0.163. The summed E-state index contributed by atoms with van der Waals surface area (Å²) >= 11 is 1.51. The Hall–Kier alpha value is -2.48. The summed E-state index contributed by atoms with van der Waals surface area (Å²) in [6.45, 7) is 5.38. The molecule has 0 spiro atoms. The zero-order chi connectivity index (χ0) is 20.5. The summed E-state index contributed by atoms with van der Waals surface area (Å²) in [5.41, 5.74) is 3.36. The molecule has 1 aromatic heterocycles. The van der Waals surface area contributed by atoms with Crippen LogP contribution in [0.4, 0.5) is 5.69 Å². The van der Waals surface area contributed by atoms with Gasteiger partial charge in [0.2, 0.25) is 0 Å². The number of carbonyl (C=O) groups excluding carboxylic acids is 2. The molecule has 0 bridgehead atoms. The number of hydrogen-bond donors (Lipinski definition) is 0. The summed E-state index contributed by atoms with van der Waals surface area (Å²) in [7, 11) is 0. The van der Waals surface area contributed by atoms with E-state index in [1.807, 2.05) is 40.6 Å². The Morgan fingerprint density at radius 1 is 0.933 bits per heavy atom. The Kier molecular flexibility index (Phi) is 5.41. The molecule has 0 aliphatic carbocycles. The Bertz CT molecular complexity index is 979. The molecule has 1 fully saturated rings. The number of morpholine rings is 1. The molecule has 2 amide bonds. The van der Waals surface area contributed by atoms with Gasteiger partial charge in [-0.15, -0.1) is 11.3 Å². The van der Waals surface area contributed by atoms with Crippen LogP contribution in [0.5, 0.6) is 0 Å². The molecule has 30 heavy (non-hydrogen) atoms. The normalized spacial score (nSPS) is 19.9. The molecule has 2 aromatic rings. The second-order valence-corrected chi connectivity index (χ2v) is 8.75. The van der Waals surface area contributed by atoms with E-state index in [9.17, 15) is 9.59 Å². The van der Waals surface area contributed by atoms with Crippen LogP contribution in [0, 0.1) is 0 Å². The first kappa shape index (κ1) is 19.5. The van der Waals surface area contributed by atoms with Crippen molar-refractivity contribution in [3.63, 3.8) is 0 Å². The van der Waals surface area contributed by atoms with E-state index in [4.69, 9.17) is 4.74 Å². The predicted molar refractivity (Wildman–Crippen MR) is 117 cm³/mol. The summed E-state index contributed by atoms with van der Waals surface area (Å²) in [5, 5.41) is 1.96. The molecule has 0 radical (unpaired) electrons. The van der Waals surface area contributed by atoms with Crippen molar-refractivity contribution in [1.29, 1.82) is 0 Å². The van der Waals surface area contributed by atoms with Gasteiger partial charge in [-0.1, -0.05) is 24.3 Å². The van der Waals surface area contributed by atoms with Crippen molar-refractivity contribution in [2.24, 2.45) is 0 Å². The first-order valence-corrected chi connectivity index (χ1v) is 11.4. The van der Waals surface area contributed by atoms with Crippen LogP contribution < -0.4 is 4.90 Å². The molecule has 0 N–H and O–H groups in total. The highest BCUT2D eigenvalue weighted by atomic mass is 32.1. The number of anilines is 1. The number of benzene rings is 1. The fourth-order valence-electron chi connectivity index (χ4n) is 4.51. The SMILES string of the molecule is O=C1C(c2cccs2)=C(N2CCc3ccccc32)C(=O)N1CCCN1CCOCC1. The molecule has 5 rings (SSSR count). The average molecular weight is 424 g/mol. The van der Waals surface area contributed by atoms with E-state index < -0.39 is 0 Å². The summed E-state index contributed by atoms with van der Waals surface area (Å²) in [6.07, 6.45) is 1.66. The third-order valence-electron chi connectivity index (χ3n) is 6.03. The topological polar surface area (TPSA) is 53.1 Å². The van der Waals surface area contributed by atoms with Gasteiger partial charge >= 0.3 is 0 Å². The van der Waals surface area contributed by atoms with E-state index in [2.05, 4.69) is 11.0 Å². The van der Waals surface area contributed by atoms with E-state index in [0.29, 0.717) is 17.8 Å². The average Bonchev–Trinajstić information content (AvgIpc) is 3.49. The van der Waals surface area contributed by atoms with E-state index in [0.717, 1.165) is 62.8 Å². The summed E-state index contributed by atoms with van der Waals surface area (Å²) in [4.78, 5) is 33.5. The summed E-state index contributed by atoms with van der Waals surface area (Å²) in [5.74, 6) is -0.328. The number of nitrogens with zero attached hydrogens (tertiary/aromatic N) is 3. The van der Waals surface area contributed by atoms with Gasteiger partial charge in [-0.2, -0.15) is 0 Å². The molecule has 3 aliphatic rings. The van der Waals surface area contributed by atoms with Crippen LogP contribution in [-0.4, -0.2) is 67.6 Å². The highest BCUT2D eigenvalue weighted by molar-refractivity contribution is 7.11. The van der Waals surface area contributed by atoms with Crippen molar-refractivity contribution in [1.82, 2.24) is 9.80 Å². The zero-order valence-corrected chi connectivity index (χ0v) is 17.7. The fraction of sp³-hybridized carbons (Fsp3) is 0.391. The zero-order valence-electron chi connectivity index (χ0n) is 16.9. The van der Waals surface area contributed by atoms with E-state index >= 15 is 0 Å². The minimum Gasteiger partial charge on any atom is -0.379 e. The molecule has 1 aromatic carbocycles. The van der Waals surface area contributed by atoms with Gasteiger partial charge in [0.1, 0.15) is 5.70 Å². The third-order valence-corrected chi connectivity index (χ3v) is 6.92. The van der Waals surface area contributed by atoms with Gasteiger partial charge in [0.25, 0.3) is 11.8 Å². The first-order chi connectivity index (χ1) is 14.7.